The van der Waals surface area contributed by atoms with Crippen molar-refractivity contribution in [1.29, 1.82) is 0 Å². The standard InChI is InChI=1S/C21H25NOS/c1-5-13-8-6-7-9-16(13)22-11-17(23)20-14-10-15-19(21(15,3)4)18(14)12(2)24-20/h6-9,15,19,22H,5,10-11H2,1-4H3/t15-,19-/m1/s1. The Bertz CT molecular complexity index is 817. The lowest BCUT2D eigenvalue weighted by Gasteiger charge is -2.11. The third-order valence-electron chi connectivity index (χ3n) is 6.11. The van der Waals surface area contributed by atoms with E-state index < -0.39 is 0 Å². The number of rotatable bonds is 5. The third kappa shape index (κ3) is 2.25. The number of fused-ring (bicyclic) bond motifs is 3. The van der Waals surface area contributed by atoms with E-state index >= 15 is 0 Å². The molecule has 24 heavy (non-hydrogen) atoms. The van der Waals surface area contributed by atoms with E-state index in [1.54, 1.807) is 11.3 Å². The Hall–Kier alpha value is -1.61. The number of benzene rings is 1. The average molecular weight is 340 g/mol. The summed E-state index contributed by atoms with van der Waals surface area (Å²) in [6, 6.07) is 8.26. The maximum Gasteiger partial charge on any atom is 0.192 e. The van der Waals surface area contributed by atoms with E-state index in [9.17, 15) is 4.79 Å². The highest BCUT2D eigenvalue weighted by Crippen LogP contribution is 2.71. The van der Waals surface area contributed by atoms with Crippen LogP contribution in [0.5, 0.6) is 0 Å². The lowest BCUT2D eigenvalue weighted by Crippen LogP contribution is -2.15. The van der Waals surface area contributed by atoms with E-state index in [2.05, 4.69) is 51.2 Å². The van der Waals surface area contributed by atoms with Gasteiger partial charge in [-0.1, -0.05) is 39.0 Å². The molecule has 4 rings (SSSR count). The molecule has 3 heteroatoms. The van der Waals surface area contributed by atoms with Crippen LogP contribution in [-0.4, -0.2) is 12.3 Å². The molecule has 2 aromatic rings. The minimum atomic E-state index is 0.245. The first-order valence-electron chi connectivity index (χ1n) is 8.92. The largest absolute Gasteiger partial charge is 0.377 e. The number of hydrogen-bond acceptors (Lipinski definition) is 3. The Morgan fingerprint density at radius 2 is 2.08 bits per heavy atom. The second-order valence-electron chi connectivity index (χ2n) is 7.78. The molecule has 0 radical (unpaired) electrons. The summed E-state index contributed by atoms with van der Waals surface area (Å²) >= 11 is 1.71. The second kappa shape index (κ2) is 5.45. The van der Waals surface area contributed by atoms with Crippen molar-refractivity contribution in [3.05, 3.63) is 50.7 Å². The smallest absolute Gasteiger partial charge is 0.192 e. The number of Topliss-reactive ketones (excluding diaryl/α,β-unsaturated/α-hetero) is 1. The summed E-state index contributed by atoms with van der Waals surface area (Å²) in [7, 11) is 0. The first kappa shape index (κ1) is 15.9. The fourth-order valence-electron chi connectivity index (χ4n) is 4.61. The van der Waals surface area contributed by atoms with E-state index in [0.717, 1.165) is 29.3 Å². The van der Waals surface area contributed by atoms with Crippen molar-refractivity contribution in [1.82, 2.24) is 0 Å². The van der Waals surface area contributed by atoms with Gasteiger partial charge in [-0.05, 0) is 59.8 Å². The van der Waals surface area contributed by atoms with E-state index in [0.29, 0.717) is 17.9 Å². The fourth-order valence-corrected chi connectivity index (χ4v) is 5.78. The molecule has 1 fully saturated rings. The van der Waals surface area contributed by atoms with Crippen LogP contribution in [0.2, 0.25) is 0 Å². The van der Waals surface area contributed by atoms with Gasteiger partial charge in [-0.2, -0.15) is 0 Å². The van der Waals surface area contributed by atoms with Crippen molar-refractivity contribution in [3.8, 4) is 0 Å². The van der Waals surface area contributed by atoms with Gasteiger partial charge < -0.3 is 5.32 Å². The Balaban J connectivity index is 1.53. The molecule has 0 spiro atoms. The number of ketones is 1. The van der Waals surface area contributed by atoms with Crippen LogP contribution >= 0.6 is 11.3 Å². The van der Waals surface area contributed by atoms with Gasteiger partial charge in [0.05, 0.1) is 11.4 Å². The zero-order chi connectivity index (χ0) is 17.1. The number of para-hydroxylation sites is 1. The molecule has 2 nitrogen and oxygen atoms in total. The van der Waals surface area contributed by atoms with Gasteiger partial charge in [-0.25, -0.2) is 0 Å². The van der Waals surface area contributed by atoms with Gasteiger partial charge in [-0.3, -0.25) is 4.79 Å². The molecule has 0 bridgehead atoms. The first-order chi connectivity index (χ1) is 11.4. The summed E-state index contributed by atoms with van der Waals surface area (Å²) in [6.45, 7) is 9.46. The van der Waals surface area contributed by atoms with E-state index in [-0.39, 0.29) is 5.78 Å². The highest BCUT2D eigenvalue weighted by molar-refractivity contribution is 7.14. The van der Waals surface area contributed by atoms with Crippen molar-refractivity contribution in [2.75, 3.05) is 11.9 Å². The number of carbonyl (C=O) groups is 1. The van der Waals surface area contributed by atoms with Crippen LogP contribution in [0.25, 0.3) is 0 Å². The van der Waals surface area contributed by atoms with Crippen molar-refractivity contribution in [2.45, 2.75) is 46.5 Å². The molecule has 2 atom stereocenters. The number of hydrogen-bond donors (Lipinski definition) is 1. The predicted molar refractivity (Wildman–Crippen MR) is 101 cm³/mol. The summed E-state index contributed by atoms with van der Waals surface area (Å²) in [6.07, 6.45) is 2.08. The summed E-state index contributed by atoms with van der Waals surface area (Å²) in [5.41, 5.74) is 5.66. The molecule has 1 aromatic carbocycles. The Morgan fingerprint density at radius 3 is 2.83 bits per heavy atom. The zero-order valence-electron chi connectivity index (χ0n) is 14.9. The average Bonchev–Trinajstić information content (AvgIpc) is 2.92. The molecule has 1 N–H and O–H groups in total. The van der Waals surface area contributed by atoms with Crippen LogP contribution in [-0.2, 0) is 12.8 Å². The molecule has 126 valence electrons. The van der Waals surface area contributed by atoms with Gasteiger partial charge in [0.15, 0.2) is 5.78 Å². The molecule has 1 saturated carbocycles. The topological polar surface area (TPSA) is 29.1 Å². The Morgan fingerprint density at radius 1 is 1.33 bits per heavy atom. The maximum absolute atomic E-state index is 12.8. The summed E-state index contributed by atoms with van der Waals surface area (Å²) in [4.78, 5) is 15.2. The molecule has 1 aromatic heterocycles. The molecule has 0 saturated heterocycles. The van der Waals surface area contributed by atoms with Gasteiger partial charge in [0.1, 0.15) is 0 Å². The summed E-state index contributed by atoms with van der Waals surface area (Å²) in [5, 5.41) is 3.36. The number of aryl methyl sites for hydroxylation is 2. The molecule has 0 aliphatic heterocycles. The van der Waals surface area contributed by atoms with Gasteiger partial charge in [0.25, 0.3) is 0 Å². The van der Waals surface area contributed by atoms with Crippen LogP contribution in [0.1, 0.15) is 57.9 Å². The minimum absolute atomic E-state index is 0.245. The second-order valence-corrected chi connectivity index (χ2v) is 9.00. The van der Waals surface area contributed by atoms with Crippen molar-refractivity contribution < 1.29 is 4.79 Å². The van der Waals surface area contributed by atoms with Gasteiger partial charge >= 0.3 is 0 Å². The van der Waals surface area contributed by atoms with Crippen LogP contribution in [0.4, 0.5) is 5.69 Å². The summed E-state index contributed by atoms with van der Waals surface area (Å²) in [5.74, 6) is 1.70. The maximum atomic E-state index is 12.8. The van der Waals surface area contributed by atoms with E-state index in [1.807, 2.05) is 6.07 Å². The molecule has 2 aliphatic rings. The Kier molecular flexibility index (Phi) is 3.61. The lowest BCUT2D eigenvalue weighted by atomic mass is 9.94. The van der Waals surface area contributed by atoms with Crippen molar-refractivity contribution in [2.24, 2.45) is 11.3 Å². The molecule has 1 heterocycles. The van der Waals surface area contributed by atoms with E-state index in [4.69, 9.17) is 0 Å². The van der Waals surface area contributed by atoms with E-state index in [1.165, 1.54) is 21.6 Å². The monoisotopic (exact) mass is 339 g/mol. The van der Waals surface area contributed by atoms with Crippen molar-refractivity contribution >= 4 is 22.8 Å². The lowest BCUT2D eigenvalue weighted by molar-refractivity contribution is 0.101. The van der Waals surface area contributed by atoms with Crippen LogP contribution in [0, 0.1) is 18.3 Å². The number of thiophene rings is 1. The quantitative estimate of drug-likeness (QED) is 0.758. The van der Waals surface area contributed by atoms with Gasteiger partial charge in [0.2, 0.25) is 0 Å². The van der Waals surface area contributed by atoms with Crippen LogP contribution in [0.3, 0.4) is 0 Å². The van der Waals surface area contributed by atoms with Crippen LogP contribution in [0.15, 0.2) is 24.3 Å². The van der Waals surface area contributed by atoms with Crippen LogP contribution < -0.4 is 5.32 Å². The number of anilines is 1. The molecular formula is C21H25NOS. The molecule has 0 amide bonds. The molecule has 0 unspecified atom stereocenters. The number of nitrogens with one attached hydrogen (secondary N) is 1. The number of carbonyl (C=O) groups excluding carboxylic acids is 1. The highest BCUT2D eigenvalue weighted by atomic mass is 32.1. The normalized spacial score (nSPS) is 22.8. The third-order valence-corrected chi connectivity index (χ3v) is 7.31. The molecular weight excluding hydrogens is 314 g/mol. The van der Waals surface area contributed by atoms with Gasteiger partial charge in [-0.15, -0.1) is 11.3 Å². The summed E-state index contributed by atoms with van der Waals surface area (Å²) < 4.78 is 0. The molecule has 2 aliphatic carbocycles. The van der Waals surface area contributed by atoms with Gasteiger partial charge in [0, 0.05) is 10.6 Å². The first-order valence-corrected chi connectivity index (χ1v) is 9.74. The Labute approximate surface area is 148 Å². The highest BCUT2D eigenvalue weighted by Gasteiger charge is 2.63. The SMILES string of the molecule is CCc1ccccc1NCC(=O)c1sc(C)c2c1C[C@@H]1[C@H]2C1(C)C. The predicted octanol–water partition coefficient (Wildman–Crippen LogP) is 5.21. The zero-order valence-corrected chi connectivity index (χ0v) is 15.7. The fraction of sp³-hybridized carbons (Fsp3) is 0.476. The van der Waals surface area contributed by atoms with Crippen molar-refractivity contribution in [3.63, 3.8) is 0 Å². The minimum Gasteiger partial charge on any atom is -0.377 e.